The maximum Gasteiger partial charge on any atom is 0.243 e. The van der Waals surface area contributed by atoms with Crippen LogP contribution in [0.5, 0.6) is 0 Å². The number of sulfonamides is 1. The highest BCUT2D eigenvalue weighted by Crippen LogP contribution is 2.29. The second-order valence-corrected chi connectivity index (χ2v) is 7.83. The van der Waals surface area contributed by atoms with Crippen LogP contribution in [0.1, 0.15) is 23.1 Å². The molecule has 0 fully saturated rings. The lowest BCUT2D eigenvalue weighted by atomic mass is 10.1. The van der Waals surface area contributed by atoms with Crippen molar-refractivity contribution in [3.8, 4) is 0 Å². The van der Waals surface area contributed by atoms with Gasteiger partial charge in [0.05, 0.1) is 4.90 Å². The average molecular weight is 313 g/mol. The molecule has 1 aromatic rings. The number of rotatable bonds is 6. The summed E-state index contributed by atoms with van der Waals surface area (Å²) in [5.74, 6) is 0. The molecule has 0 spiro atoms. The molecule has 0 radical (unpaired) electrons. The lowest BCUT2D eigenvalue weighted by Crippen LogP contribution is -2.31. The fourth-order valence-electron chi connectivity index (χ4n) is 2.31. The summed E-state index contributed by atoms with van der Waals surface area (Å²) in [7, 11) is 2.07. The number of nitrogens with two attached hydrogens (primary N) is 1. The van der Waals surface area contributed by atoms with Gasteiger partial charge < -0.3 is 10.6 Å². The first-order chi connectivity index (χ1) is 9.59. The minimum Gasteiger partial charge on any atom is -0.398 e. The van der Waals surface area contributed by atoms with Crippen LogP contribution in [-0.2, 0) is 10.0 Å². The molecule has 120 valence electrons. The van der Waals surface area contributed by atoms with Gasteiger partial charge in [0.1, 0.15) is 0 Å². The first kappa shape index (κ1) is 17.9. The van der Waals surface area contributed by atoms with Crippen molar-refractivity contribution >= 4 is 15.7 Å². The molecule has 0 unspecified atom stereocenters. The second-order valence-electron chi connectivity index (χ2n) is 5.85. The Balaban J connectivity index is 3.14. The van der Waals surface area contributed by atoms with Crippen molar-refractivity contribution in [1.29, 1.82) is 0 Å². The number of hydrogen-bond donors (Lipinski definition) is 1. The SMILES string of the molecule is Cc1cc(N)c(C)c(S(=O)(=O)N(C)CCCN(C)C)c1C. The highest BCUT2D eigenvalue weighted by atomic mass is 32.2. The van der Waals surface area contributed by atoms with Crippen molar-refractivity contribution in [3.63, 3.8) is 0 Å². The number of benzene rings is 1. The molecule has 0 aliphatic carbocycles. The van der Waals surface area contributed by atoms with E-state index in [1.165, 1.54) is 4.31 Å². The van der Waals surface area contributed by atoms with Crippen LogP contribution in [0.2, 0.25) is 0 Å². The highest BCUT2D eigenvalue weighted by molar-refractivity contribution is 7.89. The van der Waals surface area contributed by atoms with Crippen LogP contribution in [0.3, 0.4) is 0 Å². The summed E-state index contributed by atoms with van der Waals surface area (Å²) in [6, 6.07) is 1.83. The Bertz CT molecular complexity index is 584. The summed E-state index contributed by atoms with van der Waals surface area (Å²) < 4.78 is 27.0. The maximum atomic E-state index is 12.8. The molecule has 1 aromatic carbocycles. The van der Waals surface area contributed by atoms with E-state index in [0.717, 1.165) is 24.1 Å². The summed E-state index contributed by atoms with van der Waals surface area (Å²) in [6.07, 6.45) is 0.794. The number of anilines is 1. The molecule has 0 aromatic heterocycles. The fourth-order valence-corrected chi connectivity index (χ4v) is 4.05. The maximum absolute atomic E-state index is 12.8. The standard InChI is InChI=1S/C15H27N3O2S/c1-11-10-14(16)13(3)15(12(11)2)21(19,20)18(6)9-7-8-17(4)5/h10H,7-9,16H2,1-6H3. The van der Waals surface area contributed by atoms with E-state index in [1.54, 1.807) is 14.0 Å². The number of aryl methyl sites for hydroxylation is 1. The second kappa shape index (κ2) is 6.77. The molecule has 0 aliphatic rings. The monoisotopic (exact) mass is 313 g/mol. The largest absolute Gasteiger partial charge is 0.398 e. The Morgan fingerprint density at radius 3 is 2.14 bits per heavy atom. The van der Waals surface area contributed by atoms with Crippen LogP contribution < -0.4 is 5.73 Å². The lowest BCUT2D eigenvalue weighted by Gasteiger charge is -2.22. The molecule has 0 aliphatic heterocycles. The third kappa shape index (κ3) is 3.96. The van der Waals surface area contributed by atoms with E-state index in [1.807, 2.05) is 38.9 Å². The molecule has 0 amide bonds. The van der Waals surface area contributed by atoms with E-state index in [9.17, 15) is 8.42 Å². The van der Waals surface area contributed by atoms with E-state index < -0.39 is 10.0 Å². The smallest absolute Gasteiger partial charge is 0.243 e. The molecule has 21 heavy (non-hydrogen) atoms. The van der Waals surface area contributed by atoms with Gasteiger partial charge in [-0.25, -0.2) is 12.7 Å². The minimum absolute atomic E-state index is 0.354. The van der Waals surface area contributed by atoms with Crippen molar-refractivity contribution in [2.45, 2.75) is 32.1 Å². The molecule has 1 rings (SSSR count). The van der Waals surface area contributed by atoms with Gasteiger partial charge in [-0.3, -0.25) is 0 Å². The van der Waals surface area contributed by atoms with Crippen LogP contribution in [-0.4, -0.2) is 51.9 Å². The zero-order valence-corrected chi connectivity index (χ0v) is 14.7. The molecule has 5 nitrogen and oxygen atoms in total. The van der Waals surface area contributed by atoms with Crippen LogP contribution >= 0.6 is 0 Å². The van der Waals surface area contributed by atoms with E-state index in [-0.39, 0.29) is 0 Å². The average Bonchev–Trinajstić information content (AvgIpc) is 2.35. The Morgan fingerprint density at radius 1 is 1.05 bits per heavy atom. The number of hydrogen-bond acceptors (Lipinski definition) is 4. The topological polar surface area (TPSA) is 66.6 Å². The number of nitrogen functional groups attached to an aromatic ring is 1. The van der Waals surface area contributed by atoms with Crippen molar-refractivity contribution in [2.75, 3.05) is 40.0 Å². The molecule has 0 saturated carbocycles. The van der Waals surface area contributed by atoms with Crippen LogP contribution in [0.15, 0.2) is 11.0 Å². The van der Waals surface area contributed by atoms with Crippen LogP contribution in [0.4, 0.5) is 5.69 Å². The summed E-state index contributed by atoms with van der Waals surface area (Å²) in [5, 5.41) is 0. The predicted octanol–water partition coefficient (Wildman–Crippen LogP) is 1.77. The molecule has 2 N–H and O–H groups in total. The first-order valence-corrected chi connectivity index (χ1v) is 8.50. The molecule has 0 saturated heterocycles. The predicted molar refractivity (Wildman–Crippen MR) is 88.1 cm³/mol. The van der Waals surface area contributed by atoms with Crippen molar-refractivity contribution < 1.29 is 8.42 Å². The lowest BCUT2D eigenvalue weighted by molar-refractivity contribution is 0.370. The van der Waals surface area contributed by atoms with Gasteiger partial charge in [0.25, 0.3) is 0 Å². The van der Waals surface area contributed by atoms with Gasteiger partial charge in [-0.15, -0.1) is 0 Å². The van der Waals surface area contributed by atoms with Crippen molar-refractivity contribution in [2.24, 2.45) is 0 Å². The van der Waals surface area contributed by atoms with Crippen molar-refractivity contribution in [1.82, 2.24) is 9.21 Å². The van der Waals surface area contributed by atoms with Crippen LogP contribution in [0, 0.1) is 20.8 Å². The first-order valence-electron chi connectivity index (χ1n) is 7.06. The molecular formula is C15H27N3O2S. The van der Waals surface area contributed by atoms with E-state index >= 15 is 0 Å². The summed E-state index contributed by atoms with van der Waals surface area (Å²) in [6.45, 7) is 6.84. The van der Waals surface area contributed by atoms with E-state index in [4.69, 9.17) is 5.73 Å². The fraction of sp³-hybridized carbons (Fsp3) is 0.600. The van der Waals surface area contributed by atoms with Gasteiger partial charge in [0.15, 0.2) is 0 Å². The minimum atomic E-state index is -3.51. The molecule has 6 heteroatoms. The van der Waals surface area contributed by atoms with Gasteiger partial charge >= 0.3 is 0 Å². The number of nitrogens with zero attached hydrogens (tertiary/aromatic N) is 2. The van der Waals surface area contributed by atoms with Gasteiger partial charge in [0.2, 0.25) is 10.0 Å². The van der Waals surface area contributed by atoms with Gasteiger partial charge in [-0.05, 0) is 70.6 Å². The summed E-state index contributed by atoms with van der Waals surface area (Å²) in [5.41, 5.74) is 8.78. The van der Waals surface area contributed by atoms with E-state index in [0.29, 0.717) is 22.7 Å². The van der Waals surface area contributed by atoms with Crippen LogP contribution in [0.25, 0.3) is 0 Å². The Hall–Kier alpha value is -1.11. The van der Waals surface area contributed by atoms with Gasteiger partial charge in [-0.1, -0.05) is 0 Å². The van der Waals surface area contributed by atoms with Gasteiger partial charge in [0, 0.05) is 19.3 Å². The Morgan fingerprint density at radius 2 is 1.62 bits per heavy atom. The molecular weight excluding hydrogens is 286 g/mol. The normalized spacial score (nSPS) is 12.4. The third-order valence-electron chi connectivity index (χ3n) is 3.82. The zero-order chi connectivity index (χ0) is 16.4. The van der Waals surface area contributed by atoms with Gasteiger partial charge in [-0.2, -0.15) is 0 Å². The van der Waals surface area contributed by atoms with Crippen molar-refractivity contribution in [3.05, 3.63) is 22.8 Å². The Labute approximate surface area is 128 Å². The quantitative estimate of drug-likeness (QED) is 0.813. The van der Waals surface area contributed by atoms with E-state index in [2.05, 4.69) is 0 Å². The highest BCUT2D eigenvalue weighted by Gasteiger charge is 2.26. The third-order valence-corrected chi connectivity index (χ3v) is 5.96. The summed E-state index contributed by atoms with van der Waals surface area (Å²) in [4.78, 5) is 2.40. The Kier molecular flexibility index (Phi) is 5.78. The molecule has 0 bridgehead atoms. The molecule has 0 heterocycles. The summed E-state index contributed by atoms with van der Waals surface area (Å²) >= 11 is 0. The molecule has 0 atom stereocenters. The zero-order valence-electron chi connectivity index (χ0n) is 13.9.